The maximum absolute atomic E-state index is 2.38. The number of fused-ring (bicyclic) bond motifs is 2. The SMILES string of the molecule is CCN(CC)c1ccc(C2C3=CC=C2C=C3)cc1.N. The van der Waals surface area contributed by atoms with Crippen LogP contribution in [0.5, 0.6) is 0 Å². The first-order valence-electron chi connectivity index (χ1n) is 6.78. The van der Waals surface area contributed by atoms with E-state index in [0.717, 1.165) is 13.1 Å². The van der Waals surface area contributed by atoms with Crippen LogP contribution in [0.3, 0.4) is 0 Å². The molecule has 3 N–H and O–H groups in total. The molecule has 2 heteroatoms. The van der Waals surface area contributed by atoms with Gasteiger partial charge in [0, 0.05) is 24.7 Å². The Morgan fingerprint density at radius 2 is 1.42 bits per heavy atom. The predicted molar refractivity (Wildman–Crippen MR) is 83.1 cm³/mol. The highest BCUT2D eigenvalue weighted by atomic mass is 15.1. The minimum atomic E-state index is 0. The first kappa shape index (κ1) is 13.6. The second kappa shape index (κ2) is 5.45. The Labute approximate surface area is 115 Å². The Kier molecular flexibility index (Phi) is 3.91. The van der Waals surface area contributed by atoms with E-state index in [0.29, 0.717) is 5.92 Å². The van der Waals surface area contributed by atoms with Gasteiger partial charge in [-0.05, 0) is 42.7 Å². The molecule has 0 atom stereocenters. The summed E-state index contributed by atoms with van der Waals surface area (Å²) in [5.41, 5.74) is 5.59. The molecule has 0 aliphatic heterocycles. The summed E-state index contributed by atoms with van der Waals surface area (Å²) in [5.74, 6) is 0.496. The van der Waals surface area contributed by atoms with Crippen molar-refractivity contribution in [2.24, 2.45) is 0 Å². The van der Waals surface area contributed by atoms with Gasteiger partial charge in [0.05, 0.1) is 0 Å². The second-order valence-electron chi connectivity index (χ2n) is 4.86. The van der Waals surface area contributed by atoms with Crippen molar-refractivity contribution >= 4 is 5.69 Å². The van der Waals surface area contributed by atoms with Gasteiger partial charge in [0.15, 0.2) is 0 Å². The summed E-state index contributed by atoms with van der Waals surface area (Å²) >= 11 is 0. The summed E-state index contributed by atoms with van der Waals surface area (Å²) in [4.78, 5) is 2.38. The number of rotatable bonds is 4. The summed E-state index contributed by atoms with van der Waals surface area (Å²) in [5, 5.41) is 0. The minimum Gasteiger partial charge on any atom is -0.372 e. The number of hydrogen-bond donors (Lipinski definition) is 1. The third-order valence-electron chi connectivity index (χ3n) is 3.96. The van der Waals surface area contributed by atoms with Crippen molar-refractivity contribution < 1.29 is 0 Å². The van der Waals surface area contributed by atoms with Crippen molar-refractivity contribution in [1.82, 2.24) is 6.15 Å². The summed E-state index contributed by atoms with van der Waals surface area (Å²) < 4.78 is 0. The van der Waals surface area contributed by atoms with E-state index in [9.17, 15) is 0 Å². The lowest BCUT2D eigenvalue weighted by Gasteiger charge is -2.22. The number of anilines is 1. The van der Waals surface area contributed by atoms with Gasteiger partial charge in [-0.25, -0.2) is 0 Å². The standard InChI is InChI=1S/C17H19N.H3N/c1-3-18(4-2)16-11-9-15(10-12-16)17-13-5-6-14(17)8-7-13;/h5-12,17H,3-4H2,1-2H3;1H3. The van der Waals surface area contributed by atoms with Gasteiger partial charge >= 0.3 is 0 Å². The molecular weight excluding hydrogens is 232 g/mol. The lowest BCUT2D eigenvalue weighted by atomic mass is 9.93. The molecular formula is C17H22N2. The molecule has 0 heterocycles. The molecule has 0 radical (unpaired) electrons. The molecule has 0 unspecified atom stereocenters. The van der Waals surface area contributed by atoms with Crippen LogP contribution in [-0.4, -0.2) is 13.1 Å². The number of allylic oxidation sites excluding steroid dienone is 6. The fourth-order valence-electron chi connectivity index (χ4n) is 2.92. The lowest BCUT2D eigenvalue weighted by Crippen LogP contribution is -2.21. The molecule has 0 saturated carbocycles. The first-order chi connectivity index (χ1) is 8.83. The van der Waals surface area contributed by atoms with Crippen molar-refractivity contribution in [3.8, 4) is 0 Å². The van der Waals surface area contributed by atoms with Crippen molar-refractivity contribution in [3.05, 3.63) is 65.3 Å². The van der Waals surface area contributed by atoms with E-state index >= 15 is 0 Å². The molecule has 1 aromatic rings. The minimum absolute atomic E-state index is 0. The topological polar surface area (TPSA) is 38.2 Å². The van der Waals surface area contributed by atoms with Crippen LogP contribution >= 0.6 is 0 Å². The number of nitrogens with zero attached hydrogens (tertiary/aromatic N) is 1. The van der Waals surface area contributed by atoms with E-state index < -0.39 is 0 Å². The molecule has 0 spiro atoms. The zero-order valence-corrected chi connectivity index (χ0v) is 11.8. The van der Waals surface area contributed by atoms with E-state index in [2.05, 4.69) is 67.3 Å². The maximum Gasteiger partial charge on any atom is 0.0366 e. The molecule has 0 fully saturated rings. The molecule has 2 aliphatic carbocycles. The van der Waals surface area contributed by atoms with Crippen molar-refractivity contribution in [3.63, 3.8) is 0 Å². The summed E-state index contributed by atoms with van der Waals surface area (Å²) in [6, 6.07) is 9.05. The van der Waals surface area contributed by atoms with Crippen LogP contribution < -0.4 is 11.1 Å². The Morgan fingerprint density at radius 1 is 0.895 bits per heavy atom. The third-order valence-corrected chi connectivity index (χ3v) is 3.96. The predicted octanol–water partition coefficient (Wildman–Crippen LogP) is 4.21. The molecule has 1 aromatic carbocycles. The third kappa shape index (κ3) is 2.24. The van der Waals surface area contributed by atoms with E-state index in [4.69, 9.17) is 0 Å². The zero-order chi connectivity index (χ0) is 12.5. The monoisotopic (exact) mass is 254 g/mol. The van der Waals surface area contributed by atoms with Gasteiger partial charge in [-0.1, -0.05) is 36.4 Å². The zero-order valence-electron chi connectivity index (χ0n) is 11.8. The Balaban J connectivity index is 0.00000133. The fourth-order valence-corrected chi connectivity index (χ4v) is 2.92. The molecule has 3 rings (SSSR count). The number of hydrogen-bond acceptors (Lipinski definition) is 2. The molecule has 2 aliphatic rings. The van der Waals surface area contributed by atoms with Gasteiger partial charge in [0.1, 0.15) is 0 Å². The number of benzene rings is 1. The summed E-state index contributed by atoms with van der Waals surface area (Å²) in [6.07, 6.45) is 8.94. The second-order valence-corrected chi connectivity index (χ2v) is 4.86. The molecule has 0 aromatic heterocycles. The summed E-state index contributed by atoms with van der Waals surface area (Å²) in [7, 11) is 0. The van der Waals surface area contributed by atoms with Gasteiger partial charge in [0.25, 0.3) is 0 Å². The molecule has 0 saturated heterocycles. The normalized spacial score (nSPS) is 16.1. The highest BCUT2D eigenvalue weighted by molar-refractivity contribution is 5.61. The average molecular weight is 254 g/mol. The van der Waals surface area contributed by atoms with E-state index in [1.807, 2.05) is 0 Å². The molecule has 100 valence electrons. The van der Waals surface area contributed by atoms with E-state index in [-0.39, 0.29) is 6.15 Å². The van der Waals surface area contributed by atoms with E-state index in [1.165, 1.54) is 22.4 Å². The summed E-state index contributed by atoms with van der Waals surface area (Å²) in [6.45, 7) is 6.54. The van der Waals surface area contributed by atoms with Crippen LogP contribution in [0.4, 0.5) is 5.69 Å². The van der Waals surface area contributed by atoms with Crippen LogP contribution in [0, 0.1) is 0 Å². The van der Waals surface area contributed by atoms with Gasteiger partial charge < -0.3 is 11.1 Å². The van der Waals surface area contributed by atoms with Crippen LogP contribution in [0.15, 0.2) is 59.7 Å². The Morgan fingerprint density at radius 3 is 1.84 bits per heavy atom. The van der Waals surface area contributed by atoms with Crippen molar-refractivity contribution in [2.45, 2.75) is 19.8 Å². The fraction of sp³-hybridized carbons (Fsp3) is 0.294. The quantitative estimate of drug-likeness (QED) is 0.873. The van der Waals surface area contributed by atoms with Crippen LogP contribution in [0.1, 0.15) is 25.3 Å². The Bertz CT molecular complexity index is 509. The molecule has 2 bridgehead atoms. The highest BCUT2D eigenvalue weighted by Gasteiger charge is 2.25. The largest absolute Gasteiger partial charge is 0.372 e. The van der Waals surface area contributed by atoms with Crippen LogP contribution in [0.25, 0.3) is 0 Å². The van der Waals surface area contributed by atoms with Crippen molar-refractivity contribution in [2.75, 3.05) is 18.0 Å². The van der Waals surface area contributed by atoms with Crippen LogP contribution in [0.2, 0.25) is 0 Å². The smallest absolute Gasteiger partial charge is 0.0366 e. The Hall–Kier alpha value is -1.80. The van der Waals surface area contributed by atoms with E-state index in [1.54, 1.807) is 0 Å². The average Bonchev–Trinajstić information content (AvgIpc) is 3.01. The highest BCUT2D eigenvalue weighted by Crippen LogP contribution is 2.42. The van der Waals surface area contributed by atoms with Gasteiger partial charge in [-0.15, -0.1) is 0 Å². The van der Waals surface area contributed by atoms with Gasteiger partial charge in [-0.2, -0.15) is 0 Å². The first-order valence-corrected chi connectivity index (χ1v) is 6.78. The molecule has 19 heavy (non-hydrogen) atoms. The van der Waals surface area contributed by atoms with Crippen LogP contribution in [-0.2, 0) is 0 Å². The lowest BCUT2D eigenvalue weighted by molar-refractivity contribution is 0.865. The van der Waals surface area contributed by atoms with Gasteiger partial charge in [-0.3, -0.25) is 0 Å². The maximum atomic E-state index is 2.38. The van der Waals surface area contributed by atoms with Gasteiger partial charge in [0.2, 0.25) is 0 Å². The molecule has 2 nitrogen and oxygen atoms in total. The van der Waals surface area contributed by atoms with Crippen molar-refractivity contribution in [1.29, 1.82) is 0 Å². The molecule has 0 amide bonds.